The Hall–Kier alpha value is -1.01. The van der Waals surface area contributed by atoms with Gasteiger partial charge in [-0.3, -0.25) is 4.79 Å². The molecule has 0 amide bonds. The van der Waals surface area contributed by atoms with Crippen molar-refractivity contribution in [3.05, 3.63) is 0 Å². The number of hydrogen-bond donors (Lipinski definition) is 1. The van der Waals surface area contributed by atoms with Gasteiger partial charge < -0.3 is 9.84 Å². The van der Waals surface area contributed by atoms with Crippen molar-refractivity contribution in [2.45, 2.75) is 96.5 Å². The molecule has 1 atom stereocenters. The molecule has 0 aliphatic rings. The Morgan fingerprint density at radius 1 is 1.00 bits per heavy atom. The van der Waals surface area contributed by atoms with E-state index in [0.717, 1.165) is 44.9 Å². The number of aliphatic hydroxyl groups is 1. The molecular weight excluding hydrogens is 276 g/mol. The Morgan fingerprint density at radius 2 is 1.59 bits per heavy atom. The van der Waals surface area contributed by atoms with Crippen molar-refractivity contribution < 1.29 is 14.6 Å². The molecule has 3 heteroatoms. The topological polar surface area (TPSA) is 46.5 Å². The molecule has 0 aliphatic carbocycles. The zero-order chi connectivity index (χ0) is 16.5. The van der Waals surface area contributed by atoms with Crippen LogP contribution < -0.4 is 0 Å². The first-order chi connectivity index (χ1) is 10.7. The quantitative estimate of drug-likeness (QED) is 0.307. The van der Waals surface area contributed by atoms with Crippen molar-refractivity contribution in [1.82, 2.24) is 0 Å². The number of aliphatic hydroxyl groups excluding tert-OH is 1. The van der Waals surface area contributed by atoms with E-state index in [0.29, 0.717) is 6.42 Å². The van der Waals surface area contributed by atoms with Crippen LogP contribution in [0, 0.1) is 11.8 Å². The SMILES string of the molecule is CCCCC#CC(O)CCCCCCCCCCC(=O)OC. The average Bonchev–Trinajstić information content (AvgIpc) is 2.53. The van der Waals surface area contributed by atoms with Crippen molar-refractivity contribution in [1.29, 1.82) is 0 Å². The van der Waals surface area contributed by atoms with E-state index >= 15 is 0 Å². The molecule has 22 heavy (non-hydrogen) atoms. The number of methoxy groups -OCH3 is 1. The van der Waals surface area contributed by atoms with Gasteiger partial charge in [0, 0.05) is 12.8 Å². The number of unbranched alkanes of at least 4 members (excludes halogenated alkanes) is 9. The summed E-state index contributed by atoms with van der Waals surface area (Å²) in [6.45, 7) is 2.15. The molecule has 128 valence electrons. The first-order valence-corrected chi connectivity index (χ1v) is 8.94. The zero-order valence-corrected chi connectivity index (χ0v) is 14.5. The molecule has 0 bridgehead atoms. The lowest BCUT2D eigenvalue weighted by Crippen LogP contribution is -2.02. The van der Waals surface area contributed by atoms with Gasteiger partial charge >= 0.3 is 5.97 Å². The predicted molar refractivity (Wildman–Crippen MR) is 91.5 cm³/mol. The predicted octanol–water partition coefficient (Wildman–Crippen LogP) is 4.61. The maximum atomic E-state index is 10.9. The van der Waals surface area contributed by atoms with Gasteiger partial charge in [0.25, 0.3) is 0 Å². The van der Waals surface area contributed by atoms with Gasteiger partial charge in [0.1, 0.15) is 6.10 Å². The summed E-state index contributed by atoms with van der Waals surface area (Å²) in [7, 11) is 1.44. The highest BCUT2D eigenvalue weighted by molar-refractivity contribution is 5.68. The second-order valence-corrected chi connectivity index (χ2v) is 5.88. The monoisotopic (exact) mass is 310 g/mol. The number of carbonyl (C=O) groups is 1. The Kier molecular flexibility index (Phi) is 15.6. The van der Waals surface area contributed by atoms with Crippen LogP contribution in [0.5, 0.6) is 0 Å². The van der Waals surface area contributed by atoms with Gasteiger partial charge in [-0.05, 0) is 25.7 Å². The standard InChI is InChI=1S/C19H34O3/c1-3-4-5-12-15-18(20)16-13-10-8-6-7-9-11-14-17-19(21)22-2/h18,20H,3-11,13-14,16-17H2,1-2H3. The molecule has 0 aromatic carbocycles. The summed E-state index contributed by atoms with van der Waals surface area (Å²) in [5.74, 6) is 5.87. The van der Waals surface area contributed by atoms with Crippen molar-refractivity contribution >= 4 is 5.97 Å². The molecule has 0 rings (SSSR count). The molecule has 0 spiro atoms. The third-order valence-electron chi connectivity index (χ3n) is 3.76. The van der Waals surface area contributed by atoms with Crippen LogP contribution in [-0.2, 0) is 9.53 Å². The number of esters is 1. The molecule has 0 saturated carbocycles. The number of rotatable bonds is 13. The molecule has 0 fully saturated rings. The van der Waals surface area contributed by atoms with E-state index in [2.05, 4.69) is 23.5 Å². The summed E-state index contributed by atoms with van der Waals surface area (Å²) in [6.07, 6.45) is 13.3. The molecule has 0 saturated heterocycles. The van der Waals surface area contributed by atoms with E-state index < -0.39 is 6.10 Å². The third kappa shape index (κ3) is 15.4. The minimum absolute atomic E-state index is 0.101. The van der Waals surface area contributed by atoms with Crippen LogP contribution in [0.3, 0.4) is 0 Å². The molecule has 0 aromatic heterocycles. The number of carbonyl (C=O) groups excluding carboxylic acids is 1. The molecular formula is C19H34O3. The van der Waals surface area contributed by atoms with Crippen LogP contribution in [0.4, 0.5) is 0 Å². The highest BCUT2D eigenvalue weighted by atomic mass is 16.5. The van der Waals surface area contributed by atoms with Gasteiger partial charge in [0.05, 0.1) is 7.11 Å². The molecule has 0 aromatic rings. The Balaban J connectivity index is 3.25. The summed E-state index contributed by atoms with van der Waals surface area (Å²) in [5.41, 5.74) is 0. The number of hydrogen-bond acceptors (Lipinski definition) is 3. The molecule has 0 radical (unpaired) electrons. The molecule has 3 nitrogen and oxygen atoms in total. The summed E-state index contributed by atoms with van der Waals surface area (Å²) in [6, 6.07) is 0. The first kappa shape index (κ1) is 21.0. The van der Waals surface area contributed by atoms with Crippen LogP contribution in [0.2, 0.25) is 0 Å². The van der Waals surface area contributed by atoms with Crippen LogP contribution in [0.25, 0.3) is 0 Å². The zero-order valence-electron chi connectivity index (χ0n) is 14.5. The summed E-state index contributed by atoms with van der Waals surface area (Å²) >= 11 is 0. The van der Waals surface area contributed by atoms with Crippen molar-refractivity contribution in [2.75, 3.05) is 7.11 Å². The largest absolute Gasteiger partial charge is 0.469 e. The molecule has 0 aliphatic heterocycles. The van der Waals surface area contributed by atoms with Crippen molar-refractivity contribution in [3.8, 4) is 11.8 Å². The fourth-order valence-electron chi connectivity index (χ4n) is 2.30. The minimum atomic E-state index is -0.435. The Morgan fingerprint density at radius 3 is 2.18 bits per heavy atom. The molecule has 1 N–H and O–H groups in total. The van der Waals surface area contributed by atoms with Gasteiger partial charge in [-0.2, -0.15) is 0 Å². The van der Waals surface area contributed by atoms with E-state index in [1.807, 2.05) is 0 Å². The summed E-state index contributed by atoms with van der Waals surface area (Å²) in [5, 5.41) is 9.70. The third-order valence-corrected chi connectivity index (χ3v) is 3.76. The minimum Gasteiger partial charge on any atom is -0.469 e. The first-order valence-electron chi connectivity index (χ1n) is 8.94. The Bertz CT molecular complexity index is 314. The average molecular weight is 310 g/mol. The fourth-order valence-corrected chi connectivity index (χ4v) is 2.30. The fraction of sp³-hybridized carbons (Fsp3) is 0.842. The van der Waals surface area contributed by atoms with Gasteiger partial charge in [0.2, 0.25) is 0 Å². The van der Waals surface area contributed by atoms with E-state index in [1.54, 1.807) is 0 Å². The van der Waals surface area contributed by atoms with Crippen LogP contribution in [-0.4, -0.2) is 24.3 Å². The normalized spacial score (nSPS) is 11.6. The van der Waals surface area contributed by atoms with Crippen molar-refractivity contribution in [2.24, 2.45) is 0 Å². The van der Waals surface area contributed by atoms with Crippen LogP contribution >= 0.6 is 0 Å². The lowest BCUT2D eigenvalue weighted by Gasteiger charge is -2.04. The van der Waals surface area contributed by atoms with Gasteiger partial charge in [-0.1, -0.05) is 57.8 Å². The highest BCUT2D eigenvalue weighted by Gasteiger charge is 2.00. The molecule has 1 unspecified atom stereocenters. The van der Waals surface area contributed by atoms with E-state index in [1.165, 1.54) is 39.2 Å². The lowest BCUT2D eigenvalue weighted by molar-refractivity contribution is -0.140. The van der Waals surface area contributed by atoms with Crippen LogP contribution in [0.15, 0.2) is 0 Å². The summed E-state index contributed by atoms with van der Waals surface area (Å²) in [4.78, 5) is 10.9. The highest BCUT2D eigenvalue weighted by Crippen LogP contribution is 2.11. The van der Waals surface area contributed by atoms with Gasteiger partial charge in [-0.15, -0.1) is 5.92 Å². The van der Waals surface area contributed by atoms with Gasteiger partial charge in [-0.25, -0.2) is 0 Å². The van der Waals surface area contributed by atoms with Crippen molar-refractivity contribution in [3.63, 3.8) is 0 Å². The molecule has 0 heterocycles. The Labute approximate surface area is 136 Å². The maximum absolute atomic E-state index is 10.9. The van der Waals surface area contributed by atoms with Gasteiger partial charge in [0.15, 0.2) is 0 Å². The second-order valence-electron chi connectivity index (χ2n) is 5.88. The van der Waals surface area contributed by atoms with E-state index in [-0.39, 0.29) is 5.97 Å². The van der Waals surface area contributed by atoms with Crippen LogP contribution in [0.1, 0.15) is 90.4 Å². The van der Waals surface area contributed by atoms with E-state index in [9.17, 15) is 9.90 Å². The maximum Gasteiger partial charge on any atom is 0.305 e. The second kappa shape index (κ2) is 16.4. The smallest absolute Gasteiger partial charge is 0.305 e. The lowest BCUT2D eigenvalue weighted by atomic mass is 10.0. The van der Waals surface area contributed by atoms with E-state index in [4.69, 9.17) is 0 Å². The summed E-state index contributed by atoms with van der Waals surface area (Å²) < 4.78 is 4.61. The number of ether oxygens (including phenoxy) is 1.